The van der Waals surface area contributed by atoms with E-state index in [1.54, 1.807) is 14.0 Å². The predicted molar refractivity (Wildman–Crippen MR) is 87.8 cm³/mol. The molecule has 3 rings (SSSR count). The van der Waals surface area contributed by atoms with Gasteiger partial charge in [-0.2, -0.15) is 0 Å². The summed E-state index contributed by atoms with van der Waals surface area (Å²) < 4.78 is 10.3. The molecular weight excluding hydrogens is 302 g/mol. The SMILES string of the molecule is CCOC(=O)[C@H]1C[C@H](Cl)c2c(ccc3cc(OC)ccc23)N1. The molecule has 0 fully saturated rings. The molecule has 2 aromatic carbocycles. The monoisotopic (exact) mass is 319 g/mol. The van der Waals surface area contributed by atoms with Crippen molar-refractivity contribution in [1.82, 2.24) is 0 Å². The number of rotatable bonds is 3. The Morgan fingerprint density at radius 1 is 1.36 bits per heavy atom. The van der Waals surface area contributed by atoms with Crippen molar-refractivity contribution < 1.29 is 14.3 Å². The summed E-state index contributed by atoms with van der Waals surface area (Å²) in [5.74, 6) is 0.556. The van der Waals surface area contributed by atoms with E-state index in [1.807, 2.05) is 30.3 Å². The quantitative estimate of drug-likeness (QED) is 0.689. The molecule has 0 saturated carbocycles. The summed E-state index contributed by atoms with van der Waals surface area (Å²) in [6, 6.07) is 9.47. The summed E-state index contributed by atoms with van der Waals surface area (Å²) in [6.07, 6.45) is 0.512. The third-order valence-corrected chi connectivity index (χ3v) is 4.32. The van der Waals surface area contributed by atoms with Gasteiger partial charge in [0.15, 0.2) is 0 Å². The molecule has 2 aromatic rings. The highest BCUT2D eigenvalue weighted by atomic mass is 35.5. The van der Waals surface area contributed by atoms with Crippen LogP contribution in [0.1, 0.15) is 24.3 Å². The molecule has 5 heteroatoms. The zero-order valence-corrected chi connectivity index (χ0v) is 13.3. The number of carbonyl (C=O) groups is 1. The lowest BCUT2D eigenvalue weighted by atomic mass is 9.92. The number of fused-ring (bicyclic) bond motifs is 3. The molecule has 1 aliphatic heterocycles. The van der Waals surface area contributed by atoms with Gasteiger partial charge in [-0.05, 0) is 42.3 Å². The van der Waals surface area contributed by atoms with E-state index in [2.05, 4.69) is 5.32 Å². The Kier molecular flexibility index (Phi) is 4.12. The summed E-state index contributed by atoms with van der Waals surface area (Å²) in [7, 11) is 1.65. The first-order valence-electron chi connectivity index (χ1n) is 7.32. The fourth-order valence-electron chi connectivity index (χ4n) is 2.89. The number of hydrogen-bond acceptors (Lipinski definition) is 4. The van der Waals surface area contributed by atoms with Crippen LogP contribution in [0.4, 0.5) is 5.69 Å². The Morgan fingerprint density at radius 2 is 2.18 bits per heavy atom. The molecule has 1 heterocycles. The molecule has 0 radical (unpaired) electrons. The molecule has 0 spiro atoms. The van der Waals surface area contributed by atoms with E-state index in [9.17, 15) is 4.79 Å². The third-order valence-electron chi connectivity index (χ3n) is 3.93. The molecule has 0 aliphatic carbocycles. The number of benzene rings is 2. The van der Waals surface area contributed by atoms with Gasteiger partial charge in [-0.3, -0.25) is 0 Å². The van der Waals surface area contributed by atoms with Gasteiger partial charge >= 0.3 is 5.97 Å². The van der Waals surface area contributed by atoms with Crippen LogP contribution in [0.25, 0.3) is 10.8 Å². The Balaban J connectivity index is 2.01. The predicted octanol–water partition coefficient (Wildman–Crippen LogP) is 3.88. The van der Waals surface area contributed by atoms with Crippen LogP contribution in [0.2, 0.25) is 0 Å². The van der Waals surface area contributed by atoms with Crippen molar-refractivity contribution in [2.75, 3.05) is 19.0 Å². The molecule has 0 unspecified atom stereocenters. The second-order valence-electron chi connectivity index (χ2n) is 5.27. The van der Waals surface area contributed by atoms with Gasteiger partial charge in [0.05, 0.1) is 19.1 Å². The van der Waals surface area contributed by atoms with Crippen LogP contribution in [0.3, 0.4) is 0 Å². The first-order chi connectivity index (χ1) is 10.6. The minimum absolute atomic E-state index is 0.234. The maximum Gasteiger partial charge on any atom is 0.328 e. The van der Waals surface area contributed by atoms with Crippen molar-refractivity contribution >= 4 is 34.0 Å². The zero-order chi connectivity index (χ0) is 15.7. The van der Waals surface area contributed by atoms with E-state index in [-0.39, 0.29) is 11.3 Å². The lowest BCUT2D eigenvalue weighted by molar-refractivity contribution is -0.144. The minimum Gasteiger partial charge on any atom is -0.497 e. The smallest absolute Gasteiger partial charge is 0.328 e. The van der Waals surface area contributed by atoms with Crippen molar-refractivity contribution in [3.63, 3.8) is 0 Å². The lowest BCUT2D eigenvalue weighted by Gasteiger charge is -2.30. The molecule has 22 heavy (non-hydrogen) atoms. The third kappa shape index (κ3) is 2.59. The molecule has 1 N–H and O–H groups in total. The highest BCUT2D eigenvalue weighted by Crippen LogP contribution is 2.42. The maximum atomic E-state index is 11.9. The molecule has 116 valence electrons. The zero-order valence-electron chi connectivity index (χ0n) is 12.6. The van der Waals surface area contributed by atoms with Crippen LogP contribution in [-0.2, 0) is 9.53 Å². The number of hydrogen-bond donors (Lipinski definition) is 1. The first kappa shape index (κ1) is 15.0. The van der Waals surface area contributed by atoms with E-state index in [0.717, 1.165) is 27.8 Å². The minimum atomic E-state index is -0.398. The van der Waals surface area contributed by atoms with Crippen LogP contribution in [0.15, 0.2) is 30.3 Å². The molecule has 4 nitrogen and oxygen atoms in total. The van der Waals surface area contributed by atoms with Gasteiger partial charge < -0.3 is 14.8 Å². The van der Waals surface area contributed by atoms with Crippen molar-refractivity contribution in [1.29, 1.82) is 0 Å². The van der Waals surface area contributed by atoms with Gasteiger partial charge in [0.25, 0.3) is 0 Å². The number of anilines is 1. The second kappa shape index (κ2) is 6.05. The number of carbonyl (C=O) groups excluding carboxylic acids is 1. The summed E-state index contributed by atoms with van der Waals surface area (Å²) in [6.45, 7) is 2.17. The highest BCUT2D eigenvalue weighted by molar-refractivity contribution is 6.23. The average Bonchev–Trinajstić information content (AvgIpc) is 2.53. The van der Waals surface area contributed by atoms with Gasteiger partial charge in [-0.25, -0.2) is 4.79 Å². The van der Waals surface area contributed by atoms with Gasteiger partial charge in [-0.1, -0.05) is 12.1 Å². The summed E-state index contributed by atoms with van der Waals surface area (Å²) in [5, 5.41) is 5.16. The Labute approximate surface area is 134 Å². The fraction of sp³-hybridized carbons (Fsp3) is 0.353. The highest BCUT2D eigenvalue weighted by Gasteiger charge is 2.31. The maximum absolute atomic E-state index is 11.9. The van der Waals surface area contributed by atoms with Crippen LogP contribution >= 0.6 is 11.6 Å². The van der Waals surface area contributed by atoms with E-state index >= 15 is 0 Å². The molecule has 2 atom stereocenters. The van der Waals surface area contributed by atoms with E-state index in [4.69, 9.17) is 21.1 Å². The topological polar surface area (TPSA) is 47.6 Å². The van der Waals surface area contributed by atoms with Crippen molar-refractivity contribution in [2.24, 2.45) is 0 Å². The molecule has 1 aliphatic rings. The summed E-state index contributed by atoms with van der Waals surface area (Å²) >= 11 is 6.56. The number of esters is 1. The first-order valence-corrected chi connectivity index (χ1v) is 7.75. The standard InChI is InChI=1S/C17H18ClNO3/c1-3-22-17(20)15-9-13(18)16-12-6-5-11(21-2)8-10(12)4-7-14(16)19-15/h4-8,13,15,19H,3,9H2,1-2H3/t13-,15+/m0/s1. The second-order valence-corrected chi connectivity index (χ2v) is 5.79. The van der Waals surface area contributed by atoms with Gasteiger partial charge in [0.1, 0.15) is 11.8 Å². The molecule has 0 saturated heterocycles. The van der Waals surface area contributed by atoms with Crippen molar-refractivity contribution in [3.05, 3.63) is 35.9 Å². The van der Waals surface area contributed by atoms with Crippen LogP contribution in [-0.4, -0.2) is 25.7 Å². The van der Waals surface area contributed by atoms with Gasteiger partial charge in [0.2, 0.25) is 0 Å². The van der Waals surface area contributed by atoms with Gasteiger partial charge in [-0.15, -0.1) is 11.6 Å². The fourth-order valence-corrected chi connectivity index (χ4v) is 3.30. The van der Waals surface area contributed by atoms with E-state index in [0.29, 0.717) is 13.0 Å². The number of ether oxygens (including phenoxy) is 2. The number of alkyl halides is 1. The molecule has 0 aromatic heterocycles. The number of nitrogens with one attached hydrogen (secondary N) is 1. The lowest BCUT2D eigenvalue weighted by Crippen LogP contribution is -2.35. The largest absolute Gasteiger partial charge is 0.497 e. The van der Waals surface area contributed by atoms with Crippen LogP contribution in [0.5, 0.6) is 5.75 Å². The Morgan fingerprint density at radius 3 is 2.91 bits per heavy atom. The molecule has 0 bridgehead atoms. The van der Waals surface area contributed by atoms with Gasteiger partial charge in [0, 0.05) is 11.3 Å². The molecule has 0 amide bonds. The normalized spacial score (nSPS) is 20.1. The average molecular weight is 320 g/mol. The number of methoxy groups -OCH3 is 1. The Bertz CT molecular complexity index is 716. The number of halogens is 1. The Hall–Kier alpha value is -1.94. The molecular formula is C17H18ClNO3. The van der Waals surface area contributed by atoms with E-state index < -0.39 is 6.04 Å². The van der Waals surface area contributed by atoms with E-state index in [1.165, 1.54) is 0 Å². The van der Waals surface area contributed by atoms with Crippen molar-refractivity contribution in [3.8, 4) is 5.75 Å². The van der Waals surface area contributed by atoms with Crippen LogP contribution < -0.4 is 10.1 Å². The van der Waals surface area contributed by atoms with Crippen LogP contribution in [0, 0.1) is 0 Å². The van der Waals surface area contributed by atoms with Crippen molar-refractivity contribution in [2.45, 2.75) is 24.8 Å². The summed E-state index contributed by atoms with van der Waals surface area (Å²) in [4.78, 5) is 11.9. The summed E-state index contributed by atoms with van der Waals surface area (Å²) in [5.41, 5.74) is 1.92.